The largest absolute Gasteiger partial charge is 0.465 e. The summed E-state index contributed by atoms with van der Waals surface area (Å²) in [6.07, 6.45) is 1.32. The zero-order valence-corrected chi connectivity index (χ0v) is 10.1. The first-order valence-electron chi connectivity index (χ1n) is 4.94. The molecule has 0 aliphatic carbocycles. The van der Waals surface area contributed by atoms with Crippen LogP contribution in [0.5, 0.6) is 0 Å². The van der Waals surface area contributed by atoms with E-state index in [1.807, 2.05) is 6.92 Å². The van der Waals surface area contributed by atoms with E-state index in [2.05, 4.69) is 9.72 Å². The molecule has 0 unspecified atom stereocenters. The summed E-state index contributed by atoms with van der Waals surface area (Å²) < 4.78 is 4.53. The van der Waals surface area contributed by atoms with Crippen LogP contribution < -0.4 is 5.43 Å². The van der Waals surface area contributed by atoms with Gasteiger partial charge in [-0.15, -0.1) is 0 Å². The number of H-pyrrole nitrogens is 1. The topological polar surface area (TPSA) is 59.2 Å². The number of aryl methyl sites for hydroxylation is 1. The smallest absolute Gasteiger partial charge is 0.343 e. The number of aromatic nitrogens is 1. The lowest BCUT2D eigenvalue weighted by atomic mass is 10.1. The zero-order valence-electron chi connectivity index (χ0n) is 9.33. The third-order valence-electron chi connectivity index (χ3n) is 2.49. The number of hydrogen-bond acceptors (Lipinski definition) is 3. The molecular weight excluding hydrogens is 242 g/mol. The maximum Gasteiger partial charge on any atom is 0.343 e. The summed E-state index contributed by atoms with van der Waals surface area (Å²) in [6, 6.07) is 3.43. The third kappa shape index (κ3) is 1.91. The summed E-state index contributed by atoms with van der Waals surface area (Å²) in [4.78, 5) is 26.3. The van der Waals surface area contributed by atoms with Gasteiger partial charge in [0.25, 0.3) is 0 Å². The molecule has 4 nitrogen and oxygen atoms in total. The summed E-state index contributed by atoms with van der Waals surface area (Å²) in [6.45, 7) is 1.83. The van der Waals surface area contributed by atoms with Crippen molar-refractivity contribution in [1.82, 2.24) is 4.98 Å². The quantitative estimate of drug-likeness (QED) is 0.791. The minimum atomic E-state index is -0.661. The number of pyridine rings is 1. The summed E-state index contributed by atoms with van der Waals surface area (Å²) in [5.41, 5.74) is 0.975. The molecule has 0 aliphatic heterocycles. The Hall–Kier alpha value is -1.81. The summed E-state index contributed by atoms with van der Waals surface area (Å²) >= 11 is 6.01. The van der Waals surface area contributed by atoms with Crippen molar-refractivity contribution in [1.29, 1.82) is 0 Å². The Labute approximate surface area is 102 Å². The average molecular weight is 252 g/mol. The zero-order chi connectivity index (χ0) is 12.6. The lowest BCUT2D eigenvalue weighted by Gasteiger charge is -2.04. The van der Waals surface area contributed by atoms with E-state index in [0.29, 0.717) is 15.9 Å². The standard InChI is InChI=1S/C12H10ClNO3/c1-6-3-7-10(9(13)4-6)14-5-8(11(7)15)12(16)17-2/h3-5H,1-2H3,(H,14,15). The van der Waals surface area contributed by atoms with Gasteiger partial charge in [-0.25, -0.2) is 4.79 Å². The van der Waals surface area contributed by atoms with Crippen LogP contribution in [0.1, 0.15) is 15.9 Å². The van der Waals surface area contributed by atoms with Gasteiger partial charge in [-0.3, -0.25) is 4.79 Å². The van der Waals surface area contributed by atoms with Gasteiger partial charge in [0, 0.05) is 11.6 Å². The van der Waals surface area contributed by atoms with Crippen molar-refractivity contribution in [2.75, 3.05) is 7.11 Å². The van der Waals surface area contributed by atoms with Crippen LogP contribution >= 0.6 is 11.6 Å². The second-order valence-electron chi connectivity index (χ2n) is 3.69. The highest BCUT2D eigenvalue weighted by Crippen LogP contribution is 2.21. The lowest BCUT2D eigenvalue weighted by Crippen LogP contribution is -2.17. The van der Waals surface area contributed by atoms with E-state index < -0.39 is 5.97 Å². The molecule has 0 radical (unpaired) electrons. The number of methoxy groups -OCH3 is 1. The van der Waals surface area contributed by atoms with Crippen LogP contribution in [-0.4, -0.2) is 18.1 Å². The van der Waals surface area contributed by atoms with Crippen LogP contribution in [0, 0.1) is 6.92 Å². The van der Waals surface area contributed by atoms with E-state index in [4.69, 9.17) is 11.6 Å². The maximum absolute atomic E-state index is 12.1. The van der Waals surface area contributed by atoms with Gasteiger partial charge < -0.3 is 9.72 Å². The van der Waals surface area contributed by atoms with Crippen LogP contribution in [0.4, 0.5) is 0 Å². The van der Waals surface area contributed by atoms with E-state index in [9.17, 15) is 9.59 Å². The number of hydrogen-bond donors (Lipinski definition) is 1. The molecule has 2 aromatic rings. The van der Waals surface area contributed by atoms with E-state index in [1.165, 1.54) is 13.3 Å². The van der Waals surface area contributed by atoms with E-state index in [1.54, 1.807) is 12.1 Å². The molecule has 0 fully saturated rings. The Morgan fingerprint density at radius 3 is 2.76 bits per heavy atom. The van der Waals surface area contributed by atoms with Gasteiger partial charge in [0.1, 0.15) is 5.56 Å². The summed E-state index contributed by atoms with van der Waals surface area (Å²) in [5, 5.41) is 0.839. The molecular formula is C12H10ClNO3. The number of benzene rings is 1. The monoisotopic (exact) mass is 251 g/mol. The Morgan fingerprint density at radius 1 is 1.41 bits per heavy atom. The number of halogens is 1. The van der Waals surface area contributed by atoms with Crippen LogP contribution in [-0.2, 0) is 4.74 Å². The van der Waals surface area contributed by atoms with Gasteiger partial charge in [0.15, 0.2) is 0 Å². The number of fused-ring (bicyclic) bond motifs is 1. The summed E-state index contributed by atoms with van der Waals surface area (Å²) in [5.74, 6) is -0.661. The van der Waals surface area contributed by atoms with Gasteiger partial charge in [-0.1, -0.05) is 11.6 Å². The Kier molecular flexibility index (Phi) is 2.90. The first kappa shape index (κ1) is 11.7. The number of esters is 1. The molecule has 0 bridgehead atoms. The van der Waals surface area contributed by atoms with Crippen molar-refractivity contribution in [3.05, 3.63) is 44.7 Å². The molecule has 0 amide bonds. The predicted molar refractivity (Wildman–Crippen MR) is 65.7 cm³/mol. The number of carbonyl (C=O) groups is 1. The van der Waals surface area contributed by atoms with Crippen LogP contribution in [0.2, 0.25) is 5.02 Å². The molecule has 1 N–H and O–H groups in total. The highest BCUT2D eigenvalue weighted by atomic mass is 35.5. The van der Waals surface area contributed by atoms with Gasteiger partial charge in [0.05, 0.1) is 17.6 Å². The first-order valence-corrected chi connectivity index (χ1v) is 5.32. The summed E-state index contributed by atoms with van der Waals surface area (Å²) in [7, 11) is 1.23. The van der Waals surface area contributed by atoms with Crippen molar-refractivity contribution in [2.45, 2.75) is 6.92 Å². The highest BCUT2D eigenvalue weighted by Gasteiger charge is 2.14. The predicted octanol–water partition coefficient (Wildman–Crippen LogP) is 2.28. The van der Waals surface area contributed by atoms with Gasteiger partial charge in [-0.2, -0.15) is 0 Å². The molecule has 2 rings (SSSR count). The van der Waals surface area contributed by atoms with E-state index in [0.717, 1.165) is 5.56 Å². The number of aromatic amines is 1. The fraction of sp³-hybridized carbons (Fsp3) is 0.167. The maximum atomic E-state index is 12.1. The molecule has 0 saturated heterocycles. The van der Waals surface area contributed by atoms with Gasteiger partial charge in [0.2, 0.25) is 5.43 Å². The normalized spacial score (nSPS) is 10.5. The number of rotatable bonds is 1. The van der Waals surface area contributed by atoms with Crippen LogP contribution in [0.15, 0.2) is 23.1 Å². The molecule has 0 aliphatic rings. The van der Waals surface area contributed by atoms with Crippen molar-refractivity contribution in [3.63, 3.8) is 0 Å². The molecule has 0 spiro atoms. The SMILES string of the molecule is COC(=O)c1c[nH]c2c(Cl)cc(C)cc2c1=O. The lowest BCUT2D eigenvalue weighted by molar-refractivity contribution is 0.0599. The molecule has 0 atom stereocenters. The number of nitrogens with one attached hydrogen (secondary N) is 1. The Balaban J connectivity index is 2.85. The van der Waals surface area contributed by atoms with Crippen molar-refractivity contribution >= 4 is 28.5 Å². The van der Waals surface area contributed by atoms with E-state index in [-0.39, 0.29) is 11.0 Å². The average Bonchev–Trinajstić information content (AvgIpc) is 2.29. The minimum Gasteiger partial charge on any atom is -0.465 e. The Morgan fingerprint density at radius 2 is 2.12 bits per heavy atom. The van der Waals surface area contributed by atoms with Crippen molar-refractivity contribution in [2.24, 2.45) is 0 Å². The fourth-order valence-electron chi connectivity index (χ4n) is 1.68. The van der Waals surface area contributed by atoms with Gasteiger partial charge >= 0.3 is 5.97 Å². The second-order valence-corrected chi connectivity index (χ2v) is 4.10. The molecule has 0 saturated carbocycles. The molecule has 17 heavy (non-hydrogen) atoms. The molecule has 1 aromatic carbocycles. The molecule has 1 aromatic heterocycles. The van der Waals surface area contributed by atoms with Gasteiger partial charge in [-0.05, 0) is 24.6 Å². The highest BCUT2D eigenvalue weighted by molar-refractivity contribution is 6.35. The molecule has 1 heterocycles. The van der Waals surface area contributed by atoms with Crippen LogP contribution in [0.3, 0.4) is 0 Å². The van der Waals surface area contributed by atoms with E-state index >= 15 is 0 Å². The van der Waals surface area contributed by atoms with Crippen LogP contribution in [0.25, 0.3) is 10.9 Å². The van der Waals surface area contributed by atoms with Crippen molar-refractivity contribution in [3.8, 4) is 0 Å². The molecule has 5 heteroatoms. The second kappa shape index (κ2) is 4.22. The number of carbonyl (C=O) groups excluding carboxylic acids is 1. The fourth-order valence-corrected chi connectivity index (χ4v) is 2.01. The third-order valence-corrected chi connectivity index (χ3v) is 2.79. The molecule has 88 valence electrons. The minimum absolute atomic E-state index is 0.0262. The van der Waals surface area contributed by atoms with Crippen molar-refractivity contribution < 1.29 is 9.53 Å². The number of ether oxygens (including phenoxy) is 1. The Bertz CT molecular complexity index is 661. The first-order chi connectivity index (χ1) is 8.04.